The van der Waals surface area contributed by atoms with Gasteiger partial charge in [0.15, 0.2) is 0 Å². The van der Waals surface area contributed by atoms with Crippen LogP contribution in [0.15, 0.2) is 24.3 Å². The van der Waals surface area contributed by atoms with Gasteiger partial charge in [-0.2, -0.15) is 11.8 Å². The SMILES string of the molecule is CSCC(=O)Cc1cccc(Cl)c1. The number of ketones is 1. The Morgan fingerprint density at radius 2 is 2.31 bits per heavy atom. The van der Waals surface area contributed by atoms with Crippen molar-refractivity contribution in [2.75, 3.05) is 12.0 Å². The zero-order chi connectivity index (χ0) is 9.68. The maximum absolute atomic E-state index is 11.3. The van der Waals surface area contributed by atoms with E-state index >= 15 is 0 Å². The van der Waals surface area contributed by atoms with Gasteiger partial charge in [0.25, 0.3) is 0 Å². The molecule has 0 radical (unpaired) electrons. The van der Waals surface area contributed by atoms with Crippen LogP contribution in [0.3, 0.4) is 0 Å². The van der Waals surface area contributed by atoms with E-state index in [1.807, 2.05) is 30.5 Å². The molecule has 0 atom stereocenters. The Bertz CT molecular complexity index is 299. The smallest absolute Gasteiger partial charge is 0.147 e. The second kappa shape index (κ2) is 5.30. The summed E-state index contributed by atoms with van der Waals surface area (Å²) >= 11 is 7.34. The van der Waals surface area contributed by atoms with Gasteiger partial charge >= 0.3 is 0 Å². The van der Waals surface area contributed by atoms with Crippen LogP contribution < -0.4 is 0 Å². The van der Waals surface area contributed by atoms with Gasteiger partial charge in [-0.25, -0.2) is 0 Å². The third kappa shape index (κ3) is 3.83. The van der Waals surface area contributed by atoms with Crippen molar-refractivity contribution in [2.45, 2.75) is 6.42 Å². The fourth-order valence-corrected chi connectivity index (χ4v) is 1.72. The fraction of sp³-hybridized carbons (Fsp3) is 0.300. The van der Waals surface area contributed by atoms with E-state index < -0.39 is 0 Å². The number of Topliss-reactive ketones (excluding diaryl/α,β-unsaturated/α-hetero) is 1. The van der Waals surface area contributed by atoms with Gasteiger partial charge in [0.05, 0.1) is 5.75 Å². The summed E-state index contributed by atoms with van der Waals surface area (Å²) in [7, 11) is 0. The summed E-state index contributed by atoms with van der Waals surface area (Å²) in [6, 6.07) is 7.43. The van der Waals surface area contributed by atoms with Crippen LogP contribution in [0.2, 0.25) is 5.02 Å². The number of hydrogen-bond acceptors (Lipinski definition) is 2. The highest BCUT2D eigenvalue weighted by atomic mass is 35.5. The van der Waals surface area contributed by atoms with Crippen LogP contribution in [0.4, 0.5) is 0 Å². The highest BCUT2D eigenvalue weighted by Gasteiger charge is 2.02. The van der Waals surface area contributed by atoms with Gasteiger partial charge in [-0.3, -0.25) is 4.79 Å². The molecule has 0 saturated carbocycles. The summed E-state index contributed by atoms with van der Waals surface area (Å²) in [6.45, 7) is 0. The van der Waals surface area contributed by atoms with Gasteiger partial charge in [-0.1, -0.05) is 23.7 Å². The molecule has 0 fully saturated rings. The average Bonchev–Trinajstić information content (AvgIpc) is 2.04. The number of thioether (sulfide) groups is 1. The quantitative estimate of drug-likeness (QED) is 0.767. The lowest BCUT2D eigenvalue weighted by molar-refractivity contribution is -0.115. The minimum atomic E-state index is 0.245. The molecule has 0 aliphatic rings. The summed E-state index contributed by atoms with van der Waals surface area (Å²) in [5.41, 5.74) is 0.992. The molecule has 0 aliphatic carbocycles. The molecule has 0 amide bonds. The van der Waals surface area contributed by atoms with Crippen molar-refractivity contribution in [1.29, 1.82) is 0 Å². The van der Waals surface area contributed by atoms with E-state index in [0.717, 1.165) is 5.56 Å². The van der Waals surface area contributed by atoms with Crippen molar-refractivity contribution in [1.82, 2.24) is 0 Å². The molecule has 0 aliphatic heterocycles. The number of halogens is 1. The van der Waals surface area contributed by atoms with Crippen molar-refractivity contribution in [3.05, 3.63) is 34.9 Å². The zero-order valence-electron chi connectivity index (χ0n) is 7.42. The number of benzene rings is 1. The van der Waals surface area contributed by atoms with Crippen molar-refractivity contribution in [3.63, 3.8) is 0 Å². The molecule has 0 bridgehead atoms. The van der Waals surface area contributed by atoms with Gasteiger partial charge in [-0.15, -0.1) is 0 Å². The van der Waals surface area contributed by atoms with Gasteiger partial charge in [0.1, 0.15) is 5.78 Å². The molecule has 0 unspecified atom stereocenters. The molecule has 0 saturated heterocycles. The molecule has 70 valence electrons. The average molecular weight is 215 g/mol. The summed E-state index contributed by atoms with van der Waals surface area (Å²) in [5, 5.41) is 0.689. The predicted molar refractivity (Wildman–Crippen MR) is 58.5 cm³/mol. The Kier molecular flexibility index (Phi) is 4.33. The van der Waals surface area contributed by atoms with Crippen LogP contribution in [0.1, 0.15) is 5.56 Å². The first kappa shape index (κ1) is 10.6. The molecule has 0 spiro atoms. The van der Waals surface area contributed by atoms with Crippen molar-refractivity contribution in [3.8, 4) is 0 Å². The third-order valence-corrected chi connectivity index (χ3v) is 2.44. The lowest BCUT2D eigenvalue weighted by Crippen LogP contribution is -2.04. The third-order valence-electron chi connectivity index (χ3n) is 1.60. The van der Waals surface area contributed by atoms with Crippen molar-refractivity contribution >= 4 is 29.1 Å². The van der Waals surface area contributed by atoms with Gasteiger partial charge in [0, 0.05) is 11.4 Å². The van der Waals surface area contributed by atoms with Crippen molar-refractivity contribution in [2.24, 2.45) is 0 Å². The van der Waals surface area contributed by atoms with Crippen molar-refractivity contribution < 1.29 is 4.79 Å². The van der Waals surface area contributed by atoms with E-state index in [9.17, 15) is 4.79 Å². The molecule has 1 rings (SSSR count). The number of carbonyl (C=O) groups is 1. The Morgan fingerprint density at radius 1 is 1.54 bits per heavy atom. The van der Waals surface area contributed by atoms with Gasteiger partial charge in [0.2, 0.25) is 0 Å². The minimum Gasteiger partial charge on any atom is -0.298 e. The Morgan fingerprint density at radius 3 is 2.92 bits per heavy atom. The summed E-state index contributed by atoms with van der Waals surface area (Å²) in [4.78, 5) is 11.3. The monoisotopic (exact) mass is 214 g/mol. The molecular weight excluding hydrogens is 204 g/mol. The van der Waals surface area contributed by atoms with Crippen LogP contribution in [-0.2, 0) is 11.2 Å². The van der Waals surface area contributed by atoms with Crippen LogP contribution in [-0.4, -0.2) is 17.8 Å². The summed E-state index contributed by atoms with van der Waals surface area (Å²) in [6.07, 6.45) is 2.41. The van der Waals surface area contributed by atoms with Crippen LogP contribution in [0.5, 0.6) is 0 Å². The van der Waals surface area contributed by atoms with Crippen LogP contribution >= 0.6 is 23.4 Å². The number of carbonyl (C=O) groups excluding carboxylic acids is 1. The molecule has 1 aromatic carbocycles. The zero-order valence-corrected chi connectivity index (χ0v) is 8.99. The lowest BCUT2D eigenvalue weighted by atomic mass is 10.1. The minimum absolute atomic E-state index is 0.245. The Labute approximate surface area is 87.5 Å². The molecule has 0 N–H and O–H groups in total. The Balaban J connectivity index is 2.58. The van der Waals surface area contributed by atoms with Crippen LogP contribution in [0.25, 0.3) is 0 Å². The van der Waals surface area contributed by atoms with Gasteiger partial charge in [-0.05, 0) is 24.0 Å². The normalized spacial score (nSPS) is 10.0. The Hall–Kier alpha value is -0.470. The first-order valence-corrected chi connectivity index (χ1v) is 5.74. The van der Waals surface area contributed by atoms with E-state index in [4.69, 9.17) is 11.6 Å². The van der Waals surface area contributed by atoms with E-state index in [1.54, 1.807) is 11.8 Å². The van der Waals surface area contributed by atoms with E-state index in [-0.39, 0.29) is 5.78 Å². The molecule has 3 heteroatoms. The largest absolute Gasteiger partial charge is 0.298 e. The highest BCUT2D eigenvalue weighted by molar-refractivity contribution is 7.99. The first-order chi connectivity index (χ1) is 6.22. The standard InChI is InChI=1S/C10H11ClOS/c1-13-7-10(12)6-8-3-2-4-9(11)5-8/h2-5H,6-7H2,1H3. The van der Waals surface area contributed by atoms with E-state index in [1.165, 1.54) is 0 Å². The van der Waals surface area contributed by atoms with Gasteiger partial charge < -0.3 is 0 Å². The molecular formula is C10H11ClOS. The molecule has 1 aromatic rings. The molecule has 0 aromatic heterocycles. The second-order valence-corrected chi connectivity index (χ2v) is 4.08. The summed E-state index contributed by atoms with van der Waals surface area (Å²) < 4.78 is 0. The predicted octanol–water partition coefficient (Wildman–Crippen LogP) is 2.81. The lowest BCUT2D eigenvalue weighted by Gasteiger charge is -1.99. The second-order valence-electron chi connectivity index (χ2n) is 2.78. The molecule has 1 nitrogen and oxygen atoms in total. The summed E-state index contributed by atoms with van der Waals surface area (Å²) in [5.74, 6) is 0.821. The maximum Gasteiger partial charge on any atom is 0.147 e. The first-order valence-electron chi connectivity index (χ1n) is 3.97. The van der Waals surface area contributed by atoms with Crippen LogP contribution in [0, 0.1) is 0 Å². The number of hydrogen-bond donors (Lipinski definition) is 0. The van der Waals surface area contributed by atoms with E-state index in [0.29, 0.717) is 17.2 Å². The highest BCUT2D eigenvalue weighted by Crippen LogP contribution is 2.11. The fourth-order valence-electron chi connectivity index (χ4n) is 1.09. The number of rotatable bonds is 4. The molecule has 0 heterocycles. The maximum atomic E-state index is 11.3. The van der Waals surface area contributed by atoms with E-state index in [2.05, 4.69) is 0 Å². The topological polar surface area (TPSA) is 17.1 Å². The molecule has 13 heavy (non-hydrogen) atoms.